The van der Waals surface area contributed by atoms with Crippen molar-refractivity contribution in [3.63, 3.8) is 0 Å². The molecule has 10 nitrogen and oxygen atoms in total. The van der Waals surface area contributed by atoms with Crippen LogP contribution in [0, 0.1) is 0 Å². The Labute approximate surface area is 257 Å². The van der Waals surface area contributed by atoms with Crippen LogP contribution in [0.4, 0.5) is 5.69 Å². The monoisotopic (exact) mass is 623 g/mol. The van der Waals surface area contributed by atoms with E-state index in [0.717, 1.165) is 42.0 Å². The molecular weight excluding hydrogens is 593 g/mol. The number of nitrogens with one attached hydrogen (secondary N) is 3. The molecule has 5 rings (SSSR count). The van der Waals surface area contributed by atoms with Crippen LogP contribution in [0.3, 0.4) is 0 Å². The number of aromatic amines is 1. The van der Waals surface area contributed by atoms with Gasteiger partial charge in [-0.05, 0) is 25.0 Å². The molecule has 2 heterocycles. The highest BCUT2D eigenvalue weighted by Gasteiger charge is 2.23. The zero-order valence-electron chi connectivity index (χ0n) is 23.6. The third-order valence-corrected chi connectivity index (χ3v) is 8.38. The van der Waals surface area contributed by atoms with Gasteiger partial charge in [0.25, 0.3) is 17.0 Å². The van der Waals surface area contributed by atoms with Crippen LogP contribution in [0.15, 0.2) is 64.2 Å². The number of methoxy groups -OCH3 is 1. The van der Waals surface area contributed by atoms with Crippen molar-refractivity contribution in [2.75, 3.05) is 12.4 Å². The fourth-order valence-corrected chi connectivity index (χ4v) is 5.87. The van der Waals surface area contributed by atoms with Gasteiger partial charge in [0, 0.05) is 48.0 Å². The molecule has 2 atom stereocenters. The molecule has 0 bridgehead atoms. The smallest absolute Gasteiger partial charge is 0.277 e. The number of ether oxygens (including phenoxy) is 1. The van der Waals surface area contributed by atoms with E-state index in [4.69, 9.17) is 32.9 Å². The maximum atomic E-state index is 12.9. The number of anilines is 1. The summed E-state index contributed by atoms with van der Waals surface area (Å²) in [7, 11) is 2.91. The molecule has 2 aromatic carbocycles. The van der Waals surface area contributed by atoms with Crippen LogP contribution < -0.4 is 26.5 Å². The largest absolute Gasteiger partial charge is 0.481 e. The predicted octanol–water partition coefficient (Wildman–Crippen LogP) is 4.76. The van der Waals surface area contributed by atoms with E-state index in [-0.39, 0.29) is 28.4 Å². The molecule has 0 radical (unpaired) electrons. The summed E-state index contributed by atoms with van der Waals surface area (Å²) in [5, 5.41) is 19.2. The van der Waals surface area contributed by atoms with Gasteiger partial charge in [0.05, 0.1) is 34.6 Å². The summed E-state index contributed by atoms with van der Waals surface area (Å²) in [6.45, 7) is 0.504. The quantitative estimate of drug-likeness (QED) is 0.222. The summed E-state index contributed by atoms with van der Waals surface area (Å²) >= 11 is 13.7. The van der Waals surface area contributed by atoms with E-state index >= 15 is 0 Å². The molecule has 4 N–H and O–H groups in total. The molecule has 0 saturated heterocycles. The number of nitrogens with zero attached hydrogens (tertiary/aromatic N) is 2. The maximum Gasteiger partial charge on any atom is 0.277 e. The second kappa shape index (κ2) is 13.1. The van der Waals surface area contributed by atoms with E-state index < -0.39 is 17.0 Å². The van der Waals surface area contributed by atoms with Gasteiger partial charge in [-0.1, -0.05) is 72.4 Å². The summed E-state index contributed by atoms with van der Waals surface area (Å²) in [5.74, 6) is -0.320. The van der Waals surface area contributed by atoms with Crippen LogP contribution in [-0.2, 0) is 13.6 Å². The van der Waals surface area contributed by atoms with Crippen molar-refractivity contribution in [1.29, 1.82) is 0 Å². The zero-order chi connectivity index (χ0) is 30.7. The Kier molecular flexibility index (Phi) is 9.31. The van der Waals surface area contributed by atoms with E-state index in [9.17, 15) is 19.5 Å². The number of carbonyl (C=O) groups excluding carboxylic acids is 1. The molecule has 0 spiro atoms. The van der Waals surface area contributed by atoms with Gasteiger partial charge in [0.15, 0.2) is 0 Å². The number of carbonyl (C=O) groups is 1. The Bertz CT molecular complexity index is 1790. The molecule has 1 fully saturated rings. The van der Waals surface area contributed by atoms with Crippen LogP contribution in [0.2, 0.25) is 10.0 Å². The number of halogens is 2. The van der Waals surface area contributed by atoms with Crippen LogP contribution in [0.1, 0.15) is 41.6 Å². The molecule has 224 valence electrons. The standard InChI is InChI=1S/C31H31Cl2N5O5/c1-38-31(42)21(15-26(40)37-38)29(41)35-24-11-6-8-19(28(24)33)18-7-5-9-20(27(18)32)22-14-13-17(30(36-22)43-2)16-34-23-10-3-4-12-25(23)39/h5-9,11,13-15,23,25,34,39H,3-4,10,12,16H2,1-2H3,(H,35,41)(H,37,40). The molecule has 4 aromatic rings. The van der Waals surface area contributed by atoms with Gasteiger partial charge in [0.1, 0.15) is 5.56 Å². The zero-order valence-corrected chi connectivity index (χ0v) is 25.1. The number of H-pyrrole nitrogens is 1. The minimum atomic E-state index is -0.769. The number of hydrogen-bond acceptors (Lipinski definition) is 7. The molecule has 1 aliphatic carbocycles. The lowest BCUT2D eigenvalue weighted by Crippen LogP contribution is -2.41. The lowest BCUT2D eigenvalue weighted by Gasteiger charge is -2.28. The Balaban J connectivity index is 1.42. The Morgan fingerprint density at radius 3 is 2.49 bits per heavy atom. The third kappa shape index (κ3) is 6.52. The fraction of sp³-hybridized carbons (Fsp3) is 0.290. The van der Waals surface area contributed by atoms with Gasteiger partial charge < -0.3 is 20.5 Å². The molecular formula is C31H31Cl2N5O5. The fourth-order valence-electron chi connectivity index (χ4n) is 5.27. The lowest BCUT2D eigenvalue weighted by molar-refractivity contribution is 0.0901. The Morgan fingerprint density at radius 2 is 1.74 bits per heavy atom. The first-order valence-corrected chi connectivity index (χ1v) is 14.6. The van der Waals surface area contributed by atoms with Crippen molar-refractivity contribution in [1.82, 2.24) is 20.1 Å². The second-order valence-corrected chi connectivity index (χ2v) is 11.1. The Morgan fingerprint density at radius 1 is 1.05 bits per heavy atom. The highest BCUT2D eigenvalue weighted by Crippen LogP contribution is 2.41. The molecule has 2 unspecified atom stereocenters. The van der Waals surface area contributed by atoms with Crippen LogP contribution in [-0.4, -0.2) is 45.0 Å². The first-order valence-electron chi connectivity index (χ1n) is 13.8. The molecule has 1 aliphatic rings. The number of amides is 1. The number of hydrogen-bond donors (Lipinski definition) is 4. The van der Waals surface area contributed by atoms with Gasteiger partial charge >= 0.3 is 0 Å². The van der Waals surface area contributed by atoms with Gasteiger partial charge in [-0.2, -0.15) is 0 Å². The van der Waals surface area contributed by atoms with Crippen LogP contribution in [0.5, 0.6) is 5.88 Å². The Hall–Kier alpha value is -3.96. The highest BCUT2D eigenvalue weighted by molar-refractivity contribution is 6.39. The minimum absolute atomic E-state index is 0.0373. The summed E-state index contributed by atoms with van der Waals surface area (Å²) in [6, 6.07) is 15.3. The number of benzene rings is 2. The summed E-state index contributed by atoms with van der Waals surface area (Å²) in [6.07, 6.45) is 3.50. The minimum Gasteiger partial charge on any atom is -0.481 e. The number of rotatable bonds is 8. The van der Waals surface area contributed by atoms with Crippen molar-refractivity contribution in [2.45, 2.75) is 44.4 Å². The molecule has 2 aromatic heterocycles. The van der Waals surface area contributed by atoms with Crippen molar-refractivity contribution < 1.29 is 14.6 Å². The molecule has 12 heteroatoms. The van der Waals surface area contributed by atoms with Crippen molar-refractivity contribution in [3.8, 4) is 28.3 Å². The maximum absolute atomic E-state index is 12.9. The molecule has 1 amide bonds. The average Bonchev–Trinajstić information content (AvgIpc) is 3.00. The topological polar surface area (TPSA) is 138 Å². The highest BCUT2D eigenvalue weighted by atomic mass is 35.5. The molecule has 1 saturated carbocycles. The number of aliphatic hydroxyl groups is 1. The van der Waals surface area contributed by atoms with Crippen molar-refractivity contribution in [3.05, 3.63) is 96.5 Å². The first-order chi connectivity index (χ1) is 20.7. The van der Waals surface area contributed by atoms with E-state index in [1.807, 2.05) is 24.3 Å². The molecule has 43 heavy (non-hydrogen) atoms. The number of aryl methyl sites for hydroxylation is 1. The van der Waals surface area contributed by atoms with Gasteiger partial charge in [0.2, 0.25) is 5.88 Å². The third-order valence-electron chi connectivity index (χ3n) is 7.56. The van der Waals surface area contributed by atoms with Gasteiger partial charge in [-0.25, -0.2) is 4.98 Å². The van der Waals surface area contributed by atoms with E-state index in [2.05, 4.69) is 15.7 Å². The number of aromatic nitrogens is 3. The van der Waals surface area contributed by atoms with E-state index in [1.165, 1.54) is 7.05 Å². The van der Waals surface area contributed by atoms with Crippen LogP contribution >= 0.6 is 23.2 Å². The SMILES string of the molecule is COc1nc(-c2cccc(-c3cccc(NC(=O)c4cc(=O)[nH]n(C)c4=O)c3Cl)c2Cl)ccc1CNC1CCCCC1O. The summed E-state index contributed by atoms with van der Waals surface area (Å²) in [4.78, 5) is 41.8. The normalized spacial score (nSPS) is 16.6. The van der Waals surface area contributed by atoms with E-state index in [0.29, 0.717) is 39.8 Å². The van der Waals surface area contributed by atoms with Crippen molar-refractivity contribution in [2.24, 2.45) is 7.05 Å². The average molecular weight is 625 g/mol. The summed E-state index contributed by atoms with van der Waals surface area (Å²) in [5.41, 5.74) is 1.93. The van der Waals surface area contributed by atoms with E-state index in [1.54, 1.807) is 31.4 Å². The van der Waals surface area contributed by atoms with Gasteiger partial charge in [-0.3, -0.25) is 24.2 Å². The predicted molar refractivity (Wildman–Crippen MR) is 167 cm³/mol. The lowest BCUT2D eigenvalue weighted by atomic mass is 9.92. The first kappa shape index (κ1) is 30.5. The van der Waals surface area contributed by atoms with Crippen LogP contribution in [0.25, 0.3) is 22.4 Å². The number of aliphatic hydroxyl groups excluding tert-OH is 1. The molecule has 0 aliphatic heterocycles. The van der Waals surface area contributed by atoms with Gasteiger partial charge in [-0.15, -0.1) is 0 Å². The number of pyridine rings is 1. The summed E-state index contributed by atoms with van der Waals surface area (Å²) < 4.78 is 6.54. The second-order valence-electron chi connectivity index (χ2n) is 10.4. The van der Waals surface area contributed by atoms with Crippen molar-refractivity contribution >= 4 is 34.8 Å².